The molecule has 8 heteroatoms. The van der Waals surface area contributed by atoms with Gasteiger partial charge in [0, 0.05) is 23.1 Å². The van der Waals surface area contributed by atoms with Gasteiger partial charge in [-0.1, -0.05) is 31.2 Å². The van der Waals surface area contributed by atoms with Crippen molar-refractivity contribution in [1.29, 1.82) is 0 Å². The lowest BCUT2D eigenvalue weighted by molar-refractivity contribution is 0.0396. The molecule has 4 N–H and O–H groups in total. The lowest BCUT2D eigenvalue weighted by Gasteiger charge is -2.25. The topological polar surface area (TPSA) is 124 Å². The fraction of sp³-hybridized carbons (Fsp3) is 0.400. The van der Waals surface area contributed by atoms with E-state index in [9.17, 15) is 9.90 Å². The highest BCUT2D eigenvalue weighted by Gasteiger charge is 2.38. The molecule has 38 heavy (non-hydrogen) atoms. The van der Waals surface area contributed by atoms with Gasteiger partial charge >= 0.3 is 0 Å². The van der Waals surface area contributed by atoms with Gasteiger partial charge in [-0.3, -0.25) is 4.79 Å². The number of nitrogens with zero attached hydrogens (tertiary/aromatic N) is 1. The minimum absolute atomic E-state index is 0.0860. The van der Waals surface area contributed by atoms with E-state index in [4.69, 9.17) is 30.0 Å². The maximum Gasteiger partial charge on any atom is 0.163 e. The van der Waals surface area contributed by atoms with Crippen LogP contribution < -0.4 is 19.9 Å². The van der Waals surface area contributed by atoms with Crippen molar-refractivity contribution in [2.75, 3.05) is 26.9 Å². The van der Waals surface area contributed by atoms with Crippen LogP contribution in [-0.4, -0.2) is 47.9 Å². The van der Waals surface area contributed by atoms with Gasteiger partial charge in [0.25, 0.3) is 0 Å². The van der Waals surface area contributed by atoms with Crippen LogP contribution >= 0.6 is 0 Å². The summed E-state index contributed by atoms with van der Waals surface area (Å²) in [5.41, 5.74) is 8.79. The predicted molar refractivity (Wildman–Crippen MR) is 145 cm³/mol. The summed E-state index contributed by atoms with van der Waals surface area (Å²) in [5, 5.41) is 20.5. The lowest BCUT2D eigenvalue weighted by atomic mass is 9.88. The number of rotatable bonds is 11. The number of carbonyl (C=O) groups excluding carboxylic acids is 1. The Morgan fingerprint density at radius 3 is 2.58 bits per heavy atom. The molecular weight excluding hydrogens is 484 g/mol. The standard InChI is InChI=1S/C30H36N2O6/c1-5-19-6-8-20(9-7-19)27-28-22(29(2,31)18-38-28)17-26(32-27)30(3,35)13-12-23(34)21-10-11-24(37-15-14-33)25(16-21)36-4/h6-11,16-17,33,35H,5,12-15,18,31H2,1-4H3. The number of carbonyl (C=O) groups is 1. The van der Waals surface area contributed by atoms with Crippen LogP contribution in [0.25, 0.3) is 11.3 Å². The van der Waals surface area contributed by atoms with Gasteiger partial charge in [-0.25, -0.2) is 4.98 Å². The lowest BCUT2D eigenvalue weighted by Crippen LogP contribution is -2.35. The Morgan fingerprint density at radius 1 is 1.18 bits per heavy atom. The molecule has 0 saturated heterocycles. The summed E-state index contributed by atoms with van der Waals surface area (Å²) in [6.45, 7) is 5.96. The molecule has 0 bridgehead atoms. The SMILES string of the molecule is CCc1ccc(-c2nc(C(C)(O)CCC(=O)c3ccc(OCCO)c(OC)c3)cc3c2OCC3(C)N)cc1. The average molecular weight is 521 g/mol. The minimum Gasteiger partial charge on any atom is -0.493 e. The second kappa shape index (κ2) is 11.1. The van der Waals surface area contributed by atoms with Gasteiger partial charge in [0.2, 0.25) is 0 Å². The zero-order valence-corrected chi connectivity index (χ0v) is 22.4. The third-order valence-electron chi connectivity index (χ3n) is 6.97. The van der Waals surface area contributed by atoms with Crippen molar-refractivity contribution in [2.24, 2.45) is 5.73 Å². The number of hydrogen-bond acceptors (Lipinski definition) is 8. The minimum atomic E-state index is -1.39. The van der Waals surface area contributed by atoms with E-state index in [0.29, 0.717) is 40.8 Å². The highest BCUT2D eigenvalue weighted by atomic mass is 16.5. The normalized spacial score (nSPS) is 17.9. The summed E-state index contributed by atoms with van der Waals surface area (Å²) < 4.78 is 16.8. The highest BCUT2D eigenvalue weighted by Crippen LogP contribution is 2.44. The molecule has 2 unspecified atom stereocenters. The fourth-order valence-electron chi connectivity index (χ4n) is 4.52. The molecule has 0 saturated carbocycles. The van der Waals surface area contributed by atoms with E-state index in [0.717, 1.165) is 17.5 Å². The predicted octanol–water partition coefficient (Wildman–Crippen LogP) is 4.13. The number of pyridine rings is 1. The first-order valence-electron chi connectivity index (χ1n) is 12.8. The maximum absolute atomic E-state index is 13.0. The van der Waals surface area contributed by atoms with Gasteiger partial charge < -0.3 is 30.2 Å². The van der Waals surface area contributed by atoms with E-state index >= 15 is 0 Å². The summed E-state index contributed by atoms with van der Waals surface area (Å²) in [5.74, 6) is 1.32. The molecule has 1 aliphatic rings. The molecule has 0 radical (unpaired) electrons. The van der Waals surface area contributed by atoms with Crippen LogP contribution in [0.5, 0.6) is 17.2 Å². The monoisotopic (exact) mass is 520 g/mol. The molecule has 8 nitrogen and oxygen atoms in total. The number of aryl methyl sites for hydroxylation is 1. The molecule has 1 aromatic heterocycles. The van der Waals surface area contributed by atoms with Gasteiger partial charge in [0.1, 0.15) is 24.5 Å². The second-order valence-corrected chi connectivity index (χ2v) is 10.1. The third kappa shape index (κ3) is 5.67. The molecule has 0 aliphatic carbocycles. The molecule has 0 amide bonds. The number of hydrogen-bond donors (Lipinski definition) is 3. The van der Waals surface area contributed by atoms with E-state index in [1.807, 2.05) is 19.1 Å². The Morgan fingerprint density at radius 2 is 1.92 bits per heavy atom. The van der Waals surface area contributed by atoms with Crippen LogP contribution in [0.2, 0.25) is 0 Å². The van der Waals surface area contributed by atoms with E-state index in [1.165, 1.54) is 12.7 Å². The number of ether oxygens (including phenoxy) is 3. The summed E-state index contributed by atoms with van der Waals surface area (Å²) in [6.07, 6.45) is 1.16. The smallest absolute Gasteiger partial charge is 0.163 e. The quantitative estimate of drug-likeness (QED) is 0.323. The Balaban J connectivity index is 1.60. The first-order chi connectivity index (χ1) is 18.1. The Hall–Kier alpha value is -3.46. The number of fused-ring (bicyclic) bond motifs is 1. The Kier molecular flexibility index (Phi) is 8.06. The van der Waals surface area contributed by atoms with Crippen LogP contribution in [0, 0.1) is 0 Å². The zero-order valence-electron chi connectivity index (χ0n) is 22.4. The van der Waals surface area contributed by atoms with Crippen molar-refractivity contribution in [3.8, 4) is 28.5 Å². The second-order valence-electron chi connectivity index (χ2n) is 10.1. The van der Waals surface area contributed by atoms with Crippen molar-refractivity contribution in [1.82, 2.24) is 4.98 Å². The summed E-state index contributed by atoms with van der Waals surface area (Å²) in [4.78, 5) is 17.9. The first-order valence-corrected chi connectivity index (χ1v) is 12.8. The molecule has 4 rings (SSSR count). The largest absolute Gasteiger partial charge is 0.493 e. The molecular formula is C30H36N2O6. The number of aromatic nitrogens is 1. The van der Waals surface area contributed by atoms with Gasteiger partial charge in [-0.15, -0.1) is 0 Å². The molecule has 3 aromatic rings. The number of methoxy groups -OCH3 is 1. The number of aliphatic hydroxyl groups is 2. The Labute approximate surface area is 223 Å². The molecule has 2 atom stereocenters. The number of benzene rings is 2. The van der Waals surface area contributed by atoms with Crippen LogP contribution in [-0.2, 0) is 17.6 Å². The average Bonchev–Trinajstić information content (AvgIpc) is 3.24. The van der Waals surface area contributed by atoms with Crippen molar-refractivity contribution < 1.29 is 29.2 Å². The summed E-state index contributed by atoms with van der Waals surface area (Å²) in [6, 6.07) is 14.8. The molecule has 1 aliphatic heterocycles. The van der Waals surface area contributed by atoms with Crippen LogP contribution in [0.4, 0.5) is 0 Å². The van der Waals surface area contributed by atoms with E-state index < -0.39 is 11.1 Å². The van der Waals surface area contributed by atoms with Crippen LogP contribution in [0.1, 0.15) is 60.8 Å². The molecule has 0 spiro atoms. The first kappa shape index (κ1) is 27.6. The van der Waals surface area contributed by atoms with Crippen molar-refractivity contribution >= 4 is 5.78 Å². The Bertz CT molecular complexity index is 1300. The fourth-order valence-corrected chi connectivity index (χ4v) is 4.52. The van der Waals surface area contributed by atoms with Gasteiger partial charge in [-0.05, 0) is 56.5 Å². The maximum atomic E-state index is 13.0. The van der Waals surface area contributed by atoms with Crippen LogP contribution in [0.15, 0.2) is 48.5 Å². The summed E-state index contributed by atoms with van der Waals surface area (Å²) >= 11 is 0. The number of aliphatic hydroxyl groups excluding tert-OH is 1. The third-order valence-corrected chi connectivity index (χ3v) is 6.97. The van der Waals surface area contributed by atoms with Crippen molar-refractivity contribution in [3.63, 3.8) is 0 Å². The van der Waals surface area contributed by atoms with Crippen LogP contribution in [0.3, 0.4) is 0 Å². The number of ketones is 1. The van der Waals surface area contributed by atoms with E-state index in [1.54, 1.807) is 31.2 Å². The zero-order chi connectivity index (χ0) is 27.5. The molecule has 0 fully saturated rings. The number of Topliss-reactive ketones (excluding diaryl/α,β-unsaturated/α-hetero) is 1. The molecule has 202 valence electrons. The van der Waals surface area contributed by atoms with Crippen molar-refractivity contribution in [3.05, 3.63) is 70.9 Å². The number of nitrogens with two attached hydrogens (primary N) is 1. The van der Waals surface area contributed by atoms with E-state index in [-0.39, 0.29) is 31.8 Å². The van der Waals surface area contributed by atoms with Gasteiger partial charge in [-0.2, -0.15) is 0 Å². The van der Waals surface area contributed by atoms with Gasteiger partial charge in [0.15, 0.2) is 23.0 Å². The van der Waals surface area contributed by atoms with Crippen molar-refractivity contribution in [2.45, 2.75) is 51.2 Å². The summed E-state index contributed by atoms with van der Waals surface area (Å²) in [7, 11) is 1.49. The van der Waals surface area contributed by atoms with E-state index in [2.05, 4.69) is 19.1 Å². The molecule has 2 aromatic carbocycles. The van der Waals surface area contributed by atoms with Gasteiger partial charge in [0.05, 0.1) is 24.9 Å². The highest BCUT2D eigenvalue weighted by molar-refractivity contribution is 5.96. The molecule has 2 heterocycles.